The predicted octanol–water partition coefficient (Wildman–Crippen LogP) is 4.73. The number of methoxy groups -OCH3 is 2. The first-order chi connectivity index (χ1) is 16.5. The molecule has 0 aromatic heterocycles. The average molecular weight is 474 g/mol. The van der Waals surface area contributed by atoms with Crippen LogP contribution in [0.4, 0.5) is 5.69 Å². The molecule has 8 heteroatoms. The van der Waals surface area contributed by atoms with Crippen LogP contribution in [-0.2, 0) is 4.79 Å². The first-order valence-electron chi connectivity index (χ1n) is 10.3. The second kappa shape index (κ2) is 12.1. The smallest absolute Gasteiger partial charge is 0.272 e. The third kappa shape index (κ3) is 6.64. The lowest BCUT2D eigenvalue weighted by Gasteiger charge is -2.13. The lowest BCUT2D eigenvalue weighted by Crippen LogP contribution is -2.30. The molecule has 0 radical (unpaired) electrons. The molecule has 0 heterocycles. The maximum atomic E-state index is 13.2. The fraction of sp³-hybridized carbons (Fsp3) is 0.115. The number of hydrogen-bond donors (Lipinski definition) is 2. The molecule has 0 fully saturated rings. The highest BCUT2D eigenvalue weighted by atomic mass is 32.2. The van der Waals surface area contributed by atoms with Crippen LogP contribution in [0.15, 0.2) is 83.4 Å². The van der Waals surface area contributed by atoms with Crippen molar-refractivity contribution in [3.8, 4) is 17.6 Å². The molecule has 3 aromatic rings. The number of nitrogens with one attached hydrogen (secondary N) is 2. The number of thioether (sulfide) groups is 1. The summed E-state index contributed by atoms with van der Waals surface area (Å²) >= 11 is 1.40. The molecule has 3 rings (SSSR count). The van der Waals surface area contributed by atoms with E-state index in [0.717, 1.165) is 4.90 Å². The molecule has 3 aromatic carbocycles. The fourth-order valence-corrected chi connectivity index (χ4v) is 3.54. The van der Waals surface area contributed by atoms with Crippen LogP contribution in [0.3, 0.4) is 0 Å². The second-order valence-corrected chi connectivity index (χ2v) is 7.96. The van der Waals surface area contributed by atoms with E-state index in [2.05, 4.69) is 16.7 Å². The molecule has 34 heavy (non-hydrogen) atoms. The minimum absolute atomic E-state index is 0.0419. The zero-order chi connectivity index (χ0) is 24.3. The number of rotatable bonds is 9. The molecule has 7 nitrogen and oxygen atoms in total. The summed E-state index contributed by atoms with van der Waals surface area (Å²) in [6, 6.07) is 23.0. The Bertz CT molecular complexity index is 1220. The summed E-state index contributed by atoms with van der Waals surface area (Å²) in [5.41, 5.74) is 1.60. The highest BCUT2D eigenvalue weighted by molar-refractivity contribution is 7.99. The van der Waals surface area contributed by atoms with Gasteiger partial charge in [0.25, 0.3) is 11.8 Å². The minimum atomic E-state index is -0.500. The van der Waals surface area contributed by atoms with Crippen molar-refractivity contribution >= 4 is 35.3 Å². The molecule has 172 valence electrons. The number of benzene rings is 3. The monoisotopic (exact) mass is 473 g/mol. The fourth-order valence-electron chi connectivity index (χ4n) is 2.98. The van der Waals surface area contributed by atoms with Gasteiger partial charge in [-0.2, -0.15) is 5.26 Å². The third-order valence-electron chi connectivity index (χ3n) is 4.68. The summed E-state index contributed by atoms with van der Waals surface area (Å²) in [5.74, 6) is 0.505. The van der Waals surface area contributed by atoms with Crippen molar-refractivity contribution in [3.05, 3.63) is 89.6 Å². The summed E-state index contributed by atoms with van der Waals surface area (Å²) in [6.45, 7) is 0. The van der Waals surface area contributed by atoms with Gasteiger partial charge in [-0.1, -0.05) is 18.2 Å². The van der Waals surface area contributed by atoms with E-state index >= 15 is 0 Å². The standard InChI is InChI=1S/C26H23N3O4S/c1-32-21-11-8-19(24(17-21)33-2)16-23(29-25(30)18-6-4-3-5-7-18)26(31)28-20-9-12-22(13-10-20)34-15-14-27/h3-13,16-17H,15H2,1-2H3,(H,28,31)(H,29,30)/b23-16-. The number of nitriles is 1. The zero-order valence-electron chi connectivity index (χ0n) is 18.7. The van der Waals surface area contributed by atoms with Gasteiger partial charge in [0.15, 0.2) is 0 Å². The van der Waals surface area contributed by atoms with Gasteiger partial charge in [0.2, 0.25) is 0 Å². The third-order valence-corrected chi connectivity index (χ3v) is 5.56. The number of anilines is 1. The van der Waals surface area contributed by atoms with E-state index in [9.17, 15) is 9.59 Å². The lowest BCUT2D eigenvalue weighted by molar-refractivity contribution is -0.113. The Labute approximate surface area is 202 Å². The molecule has 2 N–H and O–H groups in total. The van der Waals surface area contributed by atoms with Gasteiger partial charge < -0.3 is 20.1 Å². The maximum absolute atomic E-state index is 13.2. The topological polar surface area (TPSA) is 100 Å². The number of carbonyl (C=O) groups excluding carboxylic acids is 2. The molecule has 0 aliphatic heterocycles. The van der Waals surface area contributed by atoms with Crippen molar-refractivity contribution in [2.45, 2.75) is 4.90 Å². The van der Waals surface area contributed by atoms with Crippen LogP contribution in [0.2, 0.25) is 0 Å². The van der Waals surface area contributed by atoms with E-state index in [-0.39, 0.29) is 5.70 Å². The van der Waals surface area contributed by atoms with E-state index < -0.39 is 11.8 Å². The first-order valence-corrected chi connectivity index (χ1v) is 11.2. The van der Waals surface area contributed by atoms with Crippen LogP contribution >= 0.6 is 11.8 Å². The van der Waals surface area contributed by atoms with Crippen LogP contribution < -0.4 is 20.1 Å². The van der Waals surface area contributed by atoms with Gasteiger partial charge in [0.1, 0.15) is 17.2 Å². The van der Waals surface area contributed by atoms with Crippen molar-refractivity contribution in [2.24, 2.45) is 0 Å². The molecular weight excluding hydrogens is 450 g/mol. The van der Waals surface area contributed by atoms with Crippen LogP contribution in [0, 0.1) is 11.3 Å². The van der Waals surface area contributed by atoms with Gasteiger partial charge in [0.05, 0.1) is 26.0 Å². The minimum Gasteiger partial charge on any atom is -0.497 e. The summed E-state index contributed by atoms with van der Waals surface area (Å²) in [7, 11) is 3.06. The van der Waals surface area contributed by atoms with Gasteiger partial charge in [0, 0.05) is 27.8 Å². The number of nitrogens with zero attached hydrogens (tertiary/aromatic N) is 1. The zero-order valence-corrected chi connectivity index (χ0v) is 19.5. The SMILES string of the molecule is COc1ccc(/C=C(\NC(=O)c2ccccc2)C(=O)Nc2ccc(SCC#N)cc2)c(OC)c1. The Morgan fingerprint density at radius 2 is 1.74 bits per heavy atom. The second-order valence-electron chi connectivity index (χ2n) is 6.91. The predicted molar refractivity (Wildman–Crippen MR) is 133 cm³/mol. The Morgan fingerprint density at radius 1 is 1.00 bits per heavy atom. The largest absolute Gasteiger partial charge is 0.497 e. The van der Waals surface area contributed by atoms with Crippen molar-refractivity contribution < 1.29 is 19.1 Å². The van der Waals surface area contributed by atoms with Gasteiger partial charge >= 0.3 is 0 Å². The van der Waals surface area contributed by atoms with E-state index in [1.807, 2.05) is 12.1 Å². The molecule has 0 unspecified atom stereocenters. The van der Waals surface area contributed by atoms with E-state index in [1.165, 1.54) is 18.9 Å². The van der Waals surface area contributed by atoms with Gasteiger partial charge in [-0.25, -0.2) is 0 Å². The molecule has 0 aliphatic rings. The first kappa shape index (κ1) is 24.4. The average Bonchev–Trinajstić information content (AvgIpc) is 2.88. The van der Waals surface area contributed by atoms with Crippen LogP contribution in [-0.4, -0.2) is 31.8 Å². The van der Waals surface area contributed by atoms with Crippen LogP contribution in [0.1, 0.15) is 15.9 Å². The highest BCUT2D eigenvalue weighted by Crippen LogP contribution is 2.27. The van der Waals surface area contributed by atoms with Crippen molar-refractivity contribution in [1.82, 2.24) is 5.32 Å². The number of hydrogen-bond acceptors (Lipinski definition) is 6. The Hall–Kier alpha value is -4.22. The molecular formula is C26H23N3O4S. The number of amides is 2. The van der Waals surface area contributed by atoms with Gasteiger partial charge in [-0.3, -0.25) is 9.59 Å². The maximum Gasteiger partial charge on any atom is 0.272 e. The molecule has 0 saturated carbocycles. The quantitative estimate of drug-likeness (QED) is 0.344. The summed E-state index contributed by atoms with van der Waals surface area (Å²) in [6.07, 6.45) is 1.55. The summed E-state index contributed by atoms with van der Waals surface area (Å²) in [4.78, 5) is 26.9. The van der Waals surface area contributed by atoms with E-state index in [4.69, 9.17) is 14.7 Å². The summed E-state index contributed by atoms with van der Waals surface area (Å²) in [5, 5.41) is 14.2. The van der Waals surface area contributed by atoms with Gasteiger partial charge in [-0.05, 0) is 54.6 Å². The van der Waals surface area contributed by atoms with Crippen molar-refractivity contribution in [2.75, 3.05) is 25.3 Å². The van der Waals surface area contributed by atoms with Crippen molar-refractivity contribution in [1.29, 1.82) is 5.26 Å². The molecule has 0 saturated heterocycles. The van der Waals surface area contributed by atoms with Crippen LogP contribution in [0.5, 0.6) is 11.5 Å². The highest BCUT2D eigenvalue weighted by Gasteiger charge is 2.16. The Morgan fingerprint density at radius 3 is 2.38 bits per heavy atom. The normalized spacial score (nSPS) is 10.7. The van der Waals surface area contributed by atoms with Crippen molar-refractivity contribution in [3.63, 3.8) is 0 Å². The molecule has 2 amide bonds. The molecule has 0 aliphatic carbocycles. The Kier molecular flexibility index (Phi) is 8.72. The van der Waals surface area contributed by atoms with E-state index in [0.29, 0.717) is 34.1 Å². The summed E-state index contributed by atoms with van der Waals surface area (Å²) < 4.78 is 10.7. The number of carbonyl (C=O) groups is 2. The number of ether oxygens (including phenoxy) is 2. The lowest BCUT2D eigenvalue weighted by atomic mass is 10.1. The van der Waals surface area contributed by atoms with E-state index in [1.54, 1.807) is 73.8 Å². The molecule has 0 bridgehead atoms. The molecule has 0 atom stereocenters. The van der Waals surface area contributed by atoms with Gasteiger partial charge in [-0.15, -0.1) is 11.8 Å². The van der Waals surface area contributed by atoms with Crippen LogP contribution in [0.25, 0.3) is 6.08 Å². The Balaban J connectivity index is 1.89. The molecule has 0 spiro atoms.